The molecule has 3 heteroatoms. The fourth-order valence-corrected chi connectivity index (χ4v) is 2.34. The molecule has 0 bridgehead atoms. The van der Waals surface area contributed by atoms with Crippen molar-refractivity contribution in [3.05, 3.63) is 58.1 Å². The van der Waals surface area contributed by atoms with Gasteiger partial charge in [0.05, 0.1) is 6.10 Å². The number of ether oxygens (including phenoxy) is 1. The van der Waals surface area contributed by atoms with Crippen LogP contribution in [0, 0.1) is 6.92 Å². The molecule has 0 radical (unpaired) electrons. The van der Waals surface area contributed by atoms with Gasteiger partial charge < -0.3 is 10.1 Å². The highest BCUT2D eigenvalue weighted by molar-refractivity contribution is 9.10. The predicted molar refractivity (Wildman–Crippen MR) is 88.4 cm³/mol. The zero-order chi connectivity index (χ0) is 14.5. The van der Waals surface area contributed by atoms with Crippen LogP contribution in [0.25, 0.3) is 0 Å². The Morgan fingerprint density at radius 1 is 1.15 bits per heavy atom. The Hall–Kier alpha value is -1.48. The highest BCUT2D eigenvalue weighted by atomic mass is 79.9. The van der Waals surface area contributed by atoms with Gasteiger partial charge in [-0.25, -0.2) is 0 Å². The Balaban J connectivity index is 2.05. The van der Waals surface area contributed by atoms with Crippen molar-refractivity contribution in [3.63, 3.8) is 0 Å². The highest BCUT2D eigenvalue weighted by Crippen LogP contribution is 2.22. The van der Waals surface area contributed by atoms with Crippen molar-refractivity contribution in [2.75, 3.05) is 5.32 Å². The van der Waals surface area contributed by atoms with Gasteiger partial charge in [0.2, 0.25) is 0 Å². The number of rotatable bonds is 5. The van der Waals surface area contributed by atoms with E-state index in [0.29, 0.717) is 0 Å². The summed E-state index contributed by atoms with van der Waals surface area (Å²) >= 11 is 3.50. The molecule has 0 aliphatic carbocycles. The van der Waals surface area contributed by atoms with Gasteiger partial charge in [-0.05, 0) is 56.2 Å². The molecule has 2 aromatic carbocycles. The van der Waals surface area contributed by atoms with Crippen LogP contribution in [0.1, 0.15) is 25.0 Å². The van der Waals surface area contributed by atoms with Crippen molar-refractivity contribution in [1.82, 2.24) is 0 Å². The Morgan fingerprint density at radius 3 is 2.70 bits per heavy atom. The predicted octanol–water partition coefficient (Wildman–Crippen LogP) is 5.16. The van der Waals surface area contributed by atoms with E-state index in [-0.39, 0.29) is 6.10 Å². The third-order valence-corrected chi connectivity index (χ3v) is 3.45. The molecule has 0 unspecified atom stereocenters. The maximum absolute atomic E-state index is 5.71. The summed E-state index contributed by atoms with van der Waals surface area (Å²) in [5.74, 6) is 0.922. The number of nitrogens with one attached hydrogen (secondary N) is 1. The molecule has 0 spiro atoms. The molecule has 106 valence electrons. The molecule has 0 saturated heterocycles. The molecule has 0 amide bonds. The summed E-state index contributed by atoms with van der Waals surface area (Å²) in [7, 11) is 0. The Bertz CT molecular complexity index is 581. The maximum Gasteiger partial charge on any atom is 0.120 e. The Kier molecular flexibility index (Phi) is 5.07. The van der Waals surface area contributed by atoms with Crippen LogP contribution in [0.3, 0.4) is 0 Å². The lowest BCUT2D eigenvalue weighted by Crippen LogP contribution is -2.06. The lowest BCUT2D eigenvalue weighted by atomic mass is 10.1. The van der Waals surface area contributed by atoms with Crippen LogP contribution < -0.4 is 10.1 Å². The molecule has 0 saturated carbocycles. The first-order chi connectivity index (χ1) is 9.54. The van der Waals surface area contributed by atoms with Crippen molar-refractivity contribution >= 4 is 21.6 Å². The van der Waals surface area contributed by atoms with Gasteiger partial charge >= 0.3 is 0 Å². The van der Waals surface area contributed by atoms with E-state index in [1.165, 1.54) is 11.1 Å². The molecule has 0 fully saturated rings. The van der Waals surface area contributed by atoms with E-state index in [4.69, 9.17) is 4.74 Å². The summed E-state index contributed by atoms with van der Waals surface area (Å²) in [6.45, 7) is 6.96. The minimum atomic E-state index is 0.200. The number of benzene rings is 2. The van der Waals surface area contributed by atoms with Gasteiger partial charge in [-0.2, -0.15) is 0 Å². The lowest BCUT2D eigenvalue weighted by Gasteiger charge is -2.13. The third kappa shape index (κ3) is 4.27. The van der Waals surface area contributed by atoms with Gasteiger partial charge in [0.25, 0.3) is 0 Å². The third-order valence-electron chi connectivity index (χ3n) is 2.95. The van der Waals surface area contributed by atoms with Gasteiger partial charge in [0.1, 0.15) is 5.75 Å². The van der Waals surface area contributed by atoms with E-state index in [1.54, 1.807) is 0 Å². The molecule has 0 atom stereocenters. The Labute approximate surface area is 129 Å². The van der Waals surface area contributed by atoms with Crippen molar-refractivity contribution in [2.45, 2.75) is 33.4 Å². The van der Waals surface area contributed by atoms with Crippen molar-refractivity contribution in [1.29, 1.82) is 0 Å². The maximum atomic E-state index is 5.71. The van der Waals surface area contributed by atoms with E-state index in [1.807, 2.05) is 26.0 Å². The molecular weight excluding hydrogens is 314 g/mol. The zero-order valence-corrected chi connectivity index (χ0v) is 13.7. The molecule has 2 rings (SSSR count). The fourth-order valence-electron chi connectivity index (χ4n) is 1.98. The normalized spacial score (nSPS) is 10.7. The topological polar surface area (TPSA) is 21.3 Å². The van der Waals surface area contributed by atoms with Crippen LogP contribution in [-0.2, 0) is 6.54 Å². The molecule has 20 heavy (non-hydrogen) atoms. The summed E-state index contributed by atoms with van der Waals surface area (Å²) in [6, 6.07) is 14.5. The summed E-state index contributed by atoms with van der Waals surface area (Å²) in [6.07, 6.45) is 0.200. The number of aryl methyl sites for hydroxylation is 1. The van der Waals surface area contributed by atoms with Gasteiger partial charge in [0, 0.05) is 16.7 Å². The summed E-state index contributed by atoms with van der Waals surface area (Å²) in [4.78, 5) is 0. The second-order valence-electron chi connectivity index (χ2n) is 5.13. The van der Waals surface area contributed by atoms with Gasteiger partial charge in [-0.1, -0.05) is 34.1 Å². The SMILES string of the molecule is Cc1ccc(Br)cc1NCc1cccc(OC(C)C)c1. The zero-order valence-electron chi connectivity index (χ0n) is 12.1. The second kappa shape index (κ2) is 6.80. The quantitative estimate of drug-likeness (QED) is 0.816. The molecule has 0 aliphatic rings. The average molecular weight is 334 g/mol. The van der Waals surface area contributed by atoms with E-state index in [2.05, 4.69) is 58.5 Å². The van der Waals surface area contributed by atoms with Crippen LogP contribution in [-0.4, -0.2) is 6.10 Å². The average Bonchev–Trinajstić information content (AvgIpc) is 2.39. The highest BCUT2D eigenvalue weighted by Gasteiger charge is 2.02. The molecule has 0 aliphatic heterocycles. The van der Waals surface area contributed by atoms with Gasteiger partial charge in [-0.3, -0.25) is 0 Å². The first-order valence-electron chi connectivity index (χ1n) is 6.80. The summed E-state index contributed by atoms with van der Waals surface area (Å²) in [5, 5.41) is 3.47. The molecule has 2 nitrogen and oxygen atoms in total. The summed E-state index contributed by atoms with van der Waals surface area (Å²) in [5.41, 5.74) is 3.60. The van der Waals surface area contributed by atoms with Crippen molar-refractivity contribution in [2.24, 2.45) is 0 Å². The van der Waals surface area contributed by atoms with E-state index < -0.39 is 0 Å². The molecule has 2 aromatic rings. The van der Waals surface area contributed by atoms with Crippen LogP contribution >= 0.6 is 15.9 Å². The number of anilines is 1. The van der Waals surface area contributed by atoms with E-state index in [0.717, 1.165) is 22.5 Å². The first kappa shape index (κ1) is 14.9. The van der Waals surface area contributed by atoms with Gasteiger partial charge in [-0.15, -0.1) is 0 Å². The van der Waals surface area contributed by atoms with Crippen LogP contribution in [0.15, 0.2) is 46.9 Å². The minimum absolute atomic E-state index is 0.200. The number of halogens is 1. The smallest absolute Gasteiger partial charge is 0.120 e. The largest absolute Gasteiger partial charge is 0.491 e. The van der Waals surface area contributed by atoms with Crippen molar-refractivity contribution < 1.29 is 4.74 Å². The number of hydrogen-bond donors (Lipinski definition) is 1. The number of hydrogen-bond acceptors (Lipinski definition) is 2. The fraction of sp³-hybridized carbons (Fsp3) is 0.294. The standard InChI is InChI=1S/C17H20BrNO/c1-12(2)20-16-6-4-5-14(9-16)11-19-17-10-15(18)8-7-13(17)3/h4-10,12,19H,11H2,1-3H3. The lowest BCUT2D eigenvalue weighted by molar-refractivity contribution is 0.242. The van der Waals surface area contributed by atoms with Crippen LogP contribution in [0.2, 0.25) is 0 Å². The van der Waals surface area contributed by atoms with Crippen molar-refractivity contribution in [3.8, 4) is 5.75 Å². The van der Waals surface area contributed by atoms with Crippen LogP contribution in [0.4, 0.5) is 5.69 Å². The first-order valence-corrected chi connectivity index (χ1v) is 7.59. The molecule has 1 N–H and O–H groups in total. The molecule has 0 aromatic heterocycles. The van der Waals surface area contributed by atoms with Gasteiger partial charge in [0.15, 0.2) is 0 Å². The van der Waals surface area contributed by atoms with E-state index >= 15 is 0 Å². The monoisotopic (exact) mass is 333 g/mol. The van der Waals surface area contributed by atoms with E-state index in [9.17, 15) is 0 Å². The molecular formula is C17H20BrNO. The minimum Gasteiger partial charge on any atom is -0.491 e. The molecule has 0 heterocycles. The van der Waals surface area contributed by atoms with Crippen LogP contribution in [0.5, 0.6) is 5.75 Å². The Morgan fingerprint density at radius 2 is 1.95 bits per heavy atom. The second-order valence-corrected chi connectivity index (χ2v) is 6.04. The summed E-state index contributed by atoms with van der Waals surface area (Å²) < 4.78 is 6.80.